The SMILES string of the molecule is CCCCCCCCCOc1c(O)c(O)c(CC)c(CC)c1CC. The topological polar surface area (TPSA) is 49.7 Å². The molecule has 138 valence electrons. The largest absolute Gasteiger partial charge is 0.504 e. The first-order valence-corrected chi connectivity index (χ1v) is 9.83. The second-order valence-electron chi connectivity index (χ2n) is 6.49. The van der Waals surface area contributed by atoms with E-state index >= 15 is 0 Å². The second-order valence-corrected chi connectivity index (χ2v) is 6.49. The molecule has 1 rings (SSSR count). The molecule has 0 aliphatic rings. The van der Waals surface area contributed by atoms with Crippen LogP contribution in [-0.4, -0.2) is 16.8 Å². The minimum absolute atomic E-state index is 0.00103. The van der Waals surface area contributed by atoms with Crippen LogP contribution in [0.3, 0.4) is 0 Å². The number of aromatic hydroxyl groups is 2. The summed E-state index contributed by atoms with van der Waals surface area (Å²) in [6, 6.07) is 0. The zero-order valence-electron chi connectivity index (χ0n) is 16.1. The molecule has 0 heterocycles. The summed E-state index contributed by atoms with van der Waals surface area (Å²) in [5.74, 6) is 0.417. The third-order valence-corrected chi connectivity index (χ3v) is 4.78. The van der Waals surface area contributed by atoms with Crippen molar-refractivity contribution in [1.29, 1.82) is 0 Å². The van der Waals surface area contributed by atoms with E-state index in [0.29, 0.717) is 18.8 Å². The Hall–Kier alpha value is -1.38. The summed E-state index contributed by atoms with van der Waals surface area (Å²) in [6.45, 7) is 9.00. The van der Waals surface area contributed by atoms with Gasteiger partial charge in [-0.25, -0.2) is 0 Å². The van der Waals surface area contributed by atoms with Crippen LogP contribution in [0.5, 0.6) is 17.2 Å². The van der Waals surface area contributed by atoms with E-state index in [-0.39, 0.29) is 11.5 Å². The van der Waals surface area contributed by atoms with Crippen molar-refractivity contribution in [1.82, 2.24) is 0 Å². The lowest BCUT2D eigenvalue weighted by molar-refractivity contribution is 0.279. The fourth-order valence-electron chi connectivity index (χ4n) is 3.43. The van der Waals surface area contributed by atoms with Crippen molar-refractivity contribution in [2.45, 2.75) is 91.9 Å². The molecule has 24 heavy (non-hydrogen) atoms. The molecule has 1 aromatic rings. The molecule has 0 saturated carbocycles. The molecule has 0 unspecified atom stereocenters. The highest BCUT2D eigenvalue weighted by atomic mass is 16.5. The summed E-state index contributed by atoms with van der Waals surface area (Å²) in [7, 11) is 0. The van der Waals surface area contributed by atoms with Crippen LogP contribution < -0.4 is 4.74 Å². The van der Waals surface area contributed by atoms with Gasteiger partial charge >= 0.3 is 0 Å². The lowest BCUT2D eigenvalue weighted by Gasteiger charge is -2.20. The van der Waals surface area contributed by atoms with Gasteiger partial charge in [-0.1, -0.05) is 66.2 Å². The number of phenols is 2. The molecule has 0 aromatic heterocycles. The Labute approximate surface area is 148 Å². The monoisotopic (exact) mass is 336 g/mol. The average molecular weight is 337 g/mol. The van der Waals surface area contributed by atoms with Crippen molar-refractivity contribution in [3.63, 3.8) is 0 Å². The van der Waals surface area contributed by atoms with Crippen LogP contribution in [0.25, 0.3) is 0 Å². The number of unbranched alkanes of at least 4 members (excludes halogenated alkanes) is 6. The van der Waals surface area contributed by atoms with E-state index in [4.69, 9.17) is 4.74 Å². The molecule has 2 N–H and O–H groups in total. The van der Waals surface area contributed by atoms with Gasteiger partial charge in [0.2, 0.25) is 5.75 Å². The number of hydrogen-bond acceptors (Lipinski definition) is 3. The third-order valence-electron chi connectivity index (χ3n) is 4.78. The van der Waals surface area contributed by atoms with Crippen LogP contribution in [0.15, 0.2) is 0 Å². The first-order valence-electron chi connectivity index (χ1n) is 9.83. The van der Waals surface area contributed by atoms with E-state index in [2.05, 4.69) is 20.8 Å². The lowest BCUT2D eigenvalue weighted by atomic mass is 9.93. The van der Waals surface area contributed by atoms with Gasteiger partial charge < -0.3 is 14.9 Å². The Morgan fingerprint density at radius 3 is 1.71 bits per heavy atom. The molecule has 0 aliphatic heterocycles. The van der Waals surface area contributed by atoms with Crippen LogP contribution in [0.1, 0.15) is 89.3 Å². The summed E-state index contributed by atoms with van der Waals surface area (Å²) in [5.41, 5.74) is 3.03. The van der Waals surface area contributed by atoms with Gasteiger partial charge in [-0.05, 0) is 31.2 Å². The smallest absolute Gasteiger partial charge is 0.201 e. The van der Waals surface area contributed by atoms with Crippen molar-refractivity contribution in [3.05, 3.63) is 16.7 Å². The summed E-state index contributed by atoms with van der Waals surface area (Å²) < 4.78 is 5.90. The standard InChI is InChI=1S/C21H36O3/c1-5-9-10-11-12-13-14-15-24-21-18(8-4)16(6-2)17(7-3)19(22)20(21)23/h22-23H,5-15H2,1-4H3. The van der Waals surface area contributed by atoms with Gasteiger partial charge in [0, 0.05) is 11.1 Å². The molecular formula is C21H36O3. The van der Waals surface area contributed by atoms with E-state index in [1.54, 1.807) is 0 Å². The second kappa shape index (κ2) is 11.2. The molecule has 0 bridgehead atoms. The van der Waals surface area contributed by atoms with Crippen LogP contribution >= 0.6 is 0 Å². The molecule has 0 radical (unpaired) electrons. The maximum Gasteiger partial charge on any atom is 0.201 e. The van der Waals surface area contributed by atoms with Crippen LogP contribution in [-0.2, 0) is 19.3 Å². The summed E-state index contributed by atoms with van der Waals surface area (Å²) >= 11 is 0. The van der Waals surface area contributed by atoms with Gasteiger partial charge in [-0.15, -0.1) is 0 Å². The Bertz CT molecular complexity index is 495. The fraction of sp³-hybridized carbons (Fsp3) is 0.714. The van der Waals surface area contributed by atoms with E-state index in [0.717, 1.165) is 42.4 Å². The highest BCUT2D eigenvalue weighted by molar-refractivity contribution is 5.62. The van der Waals surface area contributed by atoms with Crippen molar-refractivity contribution in [3.8, 4) is 17.2 Å². The molecule has 0 aliphatic carbocycles. The molecule has 0 spiro atoms. The molecule has 0 atom stereocenters. The number of hydrogen-bond donors (Lipinski definition) is 2. The molecule has 0 fully saturated rings. The molecule has 0 saturated heterocycles. The van der Waals surface area contributed by atoms with E-state index < -0.39 is 0 Å². The van der Waals surface area contributed by atoms with E-state index in [1.165, 1.54) is 32.1 Å². The minimum atomic E-state index is -0.0798. The first-order chi connectivity index (χ1) is 11.6. The third kappa shape index (κ3) is 5.32. The number of phenolic OH excluding ortho intramolecular Hbond substituents is 2. The van der Waals surface area contributed by atoms with Crippen molar-refractivity contribution in [2.75, 3.05) is 6.61 Å². The van der Waals surface area contributed by atoms with Crippen molar-refractivity contribution < 1.29 is 14.9 Å². The molecule has 3 heteroatoms. The van der Waals surface area contributed by atoms with Gasteiger partial charge in [0.1, 0.15) is 0 Å². The number of benzene rings is 1. The maximum atomic E-state index is 10.4. The number of rotatable bonds is 12. The average Bonchev–Trinajstić information content (AvgIpc) is 2.60. The van der Waals surface area contributed by atoms with Gasteiger partial charge in [0.25, 0.3) is 0 Å². The quantitative estimate of drug-likeness (QED) is 0.368. The Morgan fingerprint density at radius 1 is 0.625 bits per heavy atom. The van der Waals surface area contributed by atoms with Crippen LogP contribution in [0.4, 0.5) is 0 Å². The molecule has 1 aromatic carbocycles. The molecule has 3 nitrogen and oxygen atoms in total. The highest BCUT2D eigenvalue weighted by Gasteiger charge is 2.21. The predicted molar refractivity (Wildman–Crippen MR) is 101 cm³/mol. The zero-order valence-corrected chi connectivity index (χ0v) is 16.1. The summed E-state index contributed by atoms with van der Waals surface area (Å²) in [6.07, 6.45) is 11.0. The fourth-order valence-corrected chi connectivity index (χ4v) is 3.43. The zero-order chi connectivity index (χ0) is 17.9. The van der Waals surface area contributed by atoms with E-state index in [9.17, 15) is 10.2 Å². The van der Waals surface area contributed by atoms with Crippen molar-refractivity contribution in [2.24, 2.45) is 0 Å². The minimum Gasteiger partial charge on any atom is -0.504 e. The first kappa shape index (κ1) is 20.7. The van der Waals surface area contributed by atoms with Crippen LogP contribution in [0.2, 0.25) is 0 Å². The molecule has 0 amide bonds. The van der Waals surface area contributed by atoms with Crippen molar-refractivity contribution >= 4 is 0 Å². The predicted octanol–water partition coefficient (Wildman–Crippen LogP) is 5.91. The van der Waals surface area contributed by atoms with Gasteiger partial charge in [-0.3, -0.25) is 0 Å². The van der Waals surface area contributed by atoms with Gasteiger partial charge in [-0.2, -0.15) is 0 Å². The van der Waals surface area contributed by atoms with E-state index in [1.807, 2.05) is 6.92 Å². The summed E-state index contributed by atoms with van der Waals surface area (Å²) in [5, 5.41) is 20.7. The summed E-state index contributed by atoms with van der Waals surface area (Å²) in [4.78, 5) is 0. The molecular weight excluding hydrogens is 300 g/mol. The van der Waals surface area contributed by atoms with Gasteiger partial charge in [0.15, 0.2) is 11.5 Å². The Kier molecular flexibility index (Phi) is 9.66. The lowest BCUT2D eigenvalue weighted by Crippen LogP contribution is -2.06. The Balaban J connectivity index is 2.69. The normalized spacial score (nSPS) is 11.0. The Morgan fingerprint density at radius 2 is 1.17 bits per heavy atom. The van der Waals surface area contributed by atoms with Crippen LogP contribution in [0, 0.1) is 0 Å². The number of ether oxygens (including phenoxy) is 1. The van der Waals surface area contributed by atoms with Gasteiger partial charge in [0.05, 0.1) is 6.61 Å². The maximum absolute atomic E-state index is 10.4. The highest BCUT2D eigenvalue weighted by Crippen LogP contribution is 2.44.